The van der Waals surface area contributed by atoms with Crippen molar-refractivity contribution in [3.05, 3.63) is 80.1 Å². The van der Waals surface area contributed by atoms with Crippen LogP contribution >= 0.6 is 0 Å². The number of rotatable bonds is 2. The van der Waals surface area contributed by atoms with Crippen molar-refractivity contribution in [2.75, 3.05) is 0 Å². The average molecular weight is 394 g/mol. The summed E-state index contributed by atoms with van der Waals surface area (Å²) in [5.74, 6) is 0.290. The number of hydrogen-bond donors (Lipinski definition) is 2. The summed E-state index contributed by atoms with van der Waals surface area (Å²) in [4.78, 5) is 21.9. The van der Waals surface area contributed by atoms with Gasteiger partial charge in [0.05, 0.1) is 0 Å². The molecule has 0 aliphatic rings. The van der Waals surface area contributed by atoms with Gasteiger partial charge < -0.3 is 10.2 Å². The molecule has 0 saturated carbocycles. The molecule has 2 aromatic carbocycles. The zero-order chi connectivity index (χ0) is 18.3. The molecule has 130 valence electrons. The van der Waals surface area contributed by atoms with E-state index in [2.05, 4.69) is 0 Å². The zero-order valence-electron chi connectivity index (χ0n) is 15.2. The van der Waals surface area contributed by atoms with Crippen molar-refractivity contribution in [2.45, 2.75) is 39.5 Å². The predicted molar refractivity (Wildman–Crippen MR) is 96.9 cm³/mol. The van der Waals surface area contributed by atoms with E-state index in [4.69, 9.17) is 0 Å². The largest absolute Gasteiger partial charge is 0.504 e. The van der Waals surface area contributed by atoms with Gasteiger partial charge in [0.15, 0.2) is 11.5 Å². The van der Waals surface area contributed by atoms with Crippen molar-refractivity contribution in [3.8, 4) is 11.5 Å². The maximum atomic E-state index is 10.9. The Balaban J connectivity index is 0.000000443. The summed E-state index contributed by atoms with van der Waals surface area (Å²) in [6, 6.07) is 12.8. The predicted octanol–water partition coefficient (Wildman–Crippen LogP) is 3.75. The van der Waals surface area contributed by atoms with Crippen LogP contribution in [0.5, 0.6) is 11.5 Å². The Bertz CT molecular complexity index is 733. The second-order valence-electron chi connectivity index (χ2n) is 6.15. The molecule has 0 aliphatic carbocycles. The Kier molecular flexibility index (Phi) is 9.92. The molecule has 2 aromatic rings. The molecule has 2 N–H and O–H groups in total. The van der Waals surface area contributed by atoms with E-state index in [1.165, 1.54) is 24.3 Å². The van der Waals surface area contributed by atoms with Gasteiger partial charge in [0.2, 0.25) is 10.9 Å². The molecule has 0 aromatic heterocycles. The third-order valence-electron chi connectivity index (χ3n) is 3.52. The van der Waals surface area contributed by atoms with Crippen LogP contribution in [0.15, 0.2) is 58.1 Å². The van der Waals surface area contributed by atoms with E-state index in [0.717, 1.165) is 11.1 Å². The third-order valence-corrected chi connectivity index (χ3v) is 3.52. The summed E-state index contributed by atoms with van der Waals surface area (Å²) < 4.78 is 0. The maximum Gasteiger partial charge on any atom is 0.220 e. The smallest absolute Gasteiger partial charge is 0.220 e. The first-order chi connectivity index (χ1) is 11.2. The molecular formula is C20H24O4Zn. The van der Waals surface area contributed by atoms with Crippen LogP contribution < -0.4 is 10.9 Å². The second kappa shape index (κ2) is 10.8. The van der Waals surface area contributed by atoms with Gasteiger partial charge in [-0.15, -0.1) is 0 Å². The van der Waals surface area contributed by atoms with Crippen molar-refractivity contribution < 1.29 is 29.7 Å². The van der Waals surface area contributed by atoms with E-state index < -0.39 is 0 Å². The molecule has 0 bridgehead atoms. The summed E-state index contributed by atoms with van der Waals surface area (Å²) in [6.45, 7) is 8.05. The number of aromatic hydroxyl groups is 2. The van der Waals surface area contributed by atoms with E-state index in [-0.39, 0.29) is 41.8 Å². The molecule has 0 saturated heterocycles. The Morgan fingerprint density at radius 3 is 1.28 bits per heavy atom. The molecule has 0 aliphatic heterocycles. The Morgan fingerprint density at radius 1 is 0.680 bits per heavy atom. The molecule has 0 fully saturated rings. The van der Waals surface area contributed by atoms with Crippen molar-refractivity contribution in [1.29, 1.82) is 0 Å². The standard InChI is InChI=1S/2C10H12O2.Zn/c2*1-7(2)8-4-3-5-9(11)10(12)6-8;/h2*3-7H,1-2H3,(H,11,12);. The first kappa shape index (κ1) is 23.0. The van der Waals surface area contributed by atoms with E-state index >= 15 is 0 Å². The van der Waals surface area contributed by atoms with E-state index in [1.807, 2.05) is 39.8 Å². The topological polar surface area (TPSA) is 74.6 Å². The van der Waals surface area contributed by atoms with Crippen LogP contribution in [0.2, 0.25) is 0 Å². The first-order valence-electron chi connectivity index (χ1n) is 7.88. The molecule has 0 amide bonds. The van der Waals surface area contributed by atoms with Gasteiger partial charge >= 0.3 is 0 Å². The molecule has 0 spiro atoms. The monoisotopic (exact) mass is 392 g/mol. The van der Waals surface area contributed by atoms with Crippen molar-refractivity contribution in [2.24, 2.45) is 0 Å². The fraction of sp³-hybridized carbons (Fsp3) is 0.300. The molecule has 0 atom stereocenters. The summed E-state index contributed by atoms with van der Waals surface area (Å²) in [7, 11) is 0. The van der Waals surface area contributed by atoms with Crippen molar-refractivity contribution in [1.82, 2.24) is 0 Å². The zero-order valence-corrected chi connectivity index (χ0v) is 18.2. The summed E-state index contributed by atoms with van der Waals surface area (Å²) >= 11 is 0. The molecule has 0 radical (unpaired) electrons. The third kappa shape index (κ3) is 7.61. The Hall–Kier alpha value is -2.00. The minimum Gasteiger partial charge on any atom is -0.504 e. The van der Waals surface area contributed by atoms with Crippen LogP contribution in [-0.4, -0.2) is 10.2 Å². The normalized spacial score (nSPS) is 9.84. The SMILES string of the molecule is CC(C)c1cccc(=O)c(O)c1.CC(C)c1cccc(=O)c(O)c1.[Zn]. The van der Waals surface area contributed by atoms with Crippen LogP contribution in [0.1, 0.15) is 50.7 Å². The van der Waals surface area contributed by atoms with Gasteiger partial charge in [-0.2, -0.15) is 0 Å². The minimum atomic E-state index is -0.332. The van der Waals surface area contributed by atoms with Gasteiger partial charge in [0, 0.05) is 19.5 Å². The molecular weight excluding hydrogens is 370 g/mol. The number of hydrogen-bond acceptors (Lipinski definition) is 4. The van der Waals surface area contributed by atoms with E-state index in [1.54, 1.807) is 12.1 Å². The van der Waals surface area contributed by atoms with Crippen LogP contribution in [0, 0.1) is 0 Å². The van der Waals surface area contributed by atoms with Gasteiger partial charge in [0.25, 0.3) is 0 Å². The van der Waals surface area contributed by atoms with Gasteiger partial charge in [-0.25, -0.2) is 0 Å². The summed E-state index contributed by atoms with van der Waals surface area (Å²) in [6.07, 6.45) is 0. The fourth-order valence-electron chi connectivity index (χ4n) is 1.94. The van der Waals surface area contributed by atoms with Gasteiger partial charge in [-0.1, -0.05) is 52.0 Å². The molecule has 2 rings (SSSR count). The van der Waals surface area contributed by atoms with Crippen molar-refractivity contribution >= 4 is 0 Å². The molecule has 4 nitrogen and oxygen atoms in total. The van der Waals surface area contributed by atoms with Gasteiger partial charge in [-0.3, -0.25) is 9.59 Å². The average Bonchev–Trinajstić information content (AvgIpc) is 2.78. The molecule has 0 heterocycles. The van der Waals surface area contributed by atoms with Crippen LogP contribution in [0.3, 0.4) is 0 Å². The van der Waals surface area contributed by atoms with E-state index in [9.17, 15) is 19.8 Å². The molecule has 0 unspecified atom stereocenters. The first-order valence-corrected chi connectivity index (χ1v) is 7.88. The Labute approximate surface area is 160 Å². The van der Waals surface area contributed by atoms with Crippen LogP contribution in [0.25, 0.3) is 0 Å². The second-order valence-corrected chi connectivity index (χ2v) is 6.15. The fourth-order valence-corrected chi connectivity index (χ4v) is 1.94. The molecule has 25 heavy (non-hydrogen) atoms. The van der Waals surface area contributed by atoms with E-state index in [0.29, 0.717) is 11.8 Å². The minimum absolute atomic E-state index is 0. The van der Waals surface area contributed by atoms with Gasteiger partial charge in [0.1, 0.15) is 0 Å². The van der Waals surface area contributed by atoms with Gasteiger partial charge in [-0.05, 0) is 47.2 Å². The maximum absolute atomic E-state index is 10.9. The van der Waals surface area contributed by atoms with Crippen LogP contribution in [0.4, 0.5) is 0 Å². The summed E-state index contributed by atoms with van der Waals surface area (Å²) in [5.41, 5.74) is 1.27. The quantitative estimate of drug-likeness (QED) is 0.762. The Morgan fingerprint density at radius 2 is 1.00 bits per heavy atom. The summed E-state index contributed by atoms with van der Waals surface area (Å²) in [5, 5.41) is 18.4. The van der Waals surface area contributed by atoms with Crippen LogP contribution in [-0.2, 0) is 19.5 Å². The molecule has 5 heteroatoms. The van der Waals surface area contributed by atoms with Crippen molar-refractivity contribution in [3.63, 3.8) is 0 Å².